The van der Waals surface area contributed by atoms with E-state index in [9.17, 15) is 4.79 Å². The summed E-state index contributed by atoms with van der Waals surface area (Å²) in [6.07, 6.45) is 1.55. The van der Waals surface area contributed by atoms with Crippen molar-refractivity contribution in [1.82, 2.24) is 19.9 Å². The molecule has 96 valence electrons. The number of rotatable bonds is 5. The summed E-state index contributed by atoms with van der Waals surface area (Å²) in [7, 11) is 0. The van der Waals surface area contributed by atoms with Gasteiger partial charge in [-0.25, -0.2) is 4.68 Å². The average Bonchev–Trinajstić information content (AvgIpc) is 2.81. The van der Waals surface area contributed by atoms with Gasteiger partial charge in [0.1, 0.15) is 6.54 Å². The molecule has 0 aliphatic carbocycles. The number of hydrogen-bond acceptors (Lipinski definition) is 6. The lowest BCUT2D eigenvalue weighted by molar-refractivity contribution is 0.358. The predicted molar refractivity (Wildman–Crippen MR) is 68.4 cm³/mol. The third kappa shape index (κ3) is 2.98. The monoisotopic (exact) mass is 266 g/mol. The summed E-state index contributed by atoms with van der Waals surface area (Å²) in [4.78, 5) is 15.7. The molecule has 1 atom stereocenters. The molecule has 2 heterocycles. The molecule has 6 nitrogen and oxygen atoms in total. The van der Waals surface area contributed by atoms with Gasteiger partial charge in [0.05, 0.1) is 5.25 Å². The minimum atomic E-state index is -0.187. The average molecular weight is 266 g/mol. The first kappa shape index (κ1) is 12.8. The number of aromatic nitrogens is 4. The molecule has 1 unspecified atom stereocenters. The van der Waals surface area contributed by atoms with Crippen molar-refractivity contribution in [2.45, 2.75) is 25.6 Å². The number of hydrogen-bond donors (Lipinski definition) is 0. The number of thioether (sulfide) groups is 1. The van der Waals surface area contributed by atoms with Gasteiger partial charge in [-0.3, -0.25) is 4.79 Å². The first-order valence-electron chi connectivity index (χ1n) is 5.67. The fraction of sp³-hybridized carbons (Fsp3) is 0.455. The molecule has 0 fully saturated rings. The summed E-state index contributed by atoms with van der Waals surface area (Å²) >= 11 is 1.74. The van der Waals surface area contributed by atoms with Crippen LogP contribution in [0.1, 0.15) is 30.8 Å². The summed E-state index contributed by atoms with van der Waals surface area (Å²) in [5, 5.41) is 8.03. The molecule has 0 N–H and O–H groups in total. The summed E-state index contributed by atoms with van der Waals surface area (Å²) in [6.45, 7) is 4.31. The Bertz CT molecular complexity index is 566. The third-order valence-corrected chi connectivity index (χ3v) is 3.38. The van der Waals surface area contributed by atoms with Gasteiger partial charge in [-0.05, 0) is 18.7 Å². The van der Waals surface area contributed by atoms with E-state index in [4.69, 9.17) is 4.52 Å². The highest BCUT2D eigenvalue weighted by Crippen LogP contribution is 2.25. The van der Waals surface area contributed by atoms with Crippen molar-refractivity contribution < 1.29 is 4.52 Å². The van der Waals surface area contributed by atoms with Crippen molar-refractivity contribution in [1.29, 1.82) is 0 Å². The number of nitrogens with zero attached hydrogens (tertiary/aromatic N) is 4. The van der Waals surface area contributed by atoms with Crippen LogP contribution in [0.4, 0.5) is 0 Å². The fourth-order valence-electron chi connectivity index (χ4n) is 1.46. The van der Waals surface area contributed by atoms with Gasteiger partial charge in [0.2, 0.25) is 5.89 Å². The normalized spacial score (nSPS) is 12.6. The molecule has 0 aliphatic heterocycles. The van der Waals surface area contributed by atoms with Crippen LogP contribution in [0.5, 0.6) is 0 Å². The van der Waals surface area contributed by atoms with E-state index in [1.54, 1.807) is 24.0 Å². The van der Waals surface area contributed by atoms with Crippen LogP contribution < -0.4 is 5.56 Å². The van der Waals surface area contributed by atoms with Crippen LogP contribution in [0.15, 0.2) is 27.6 Å². The highest BCUT2D eigenvalue weighted by Gasteiger charge is 2.14. The SMILES string of the molecule is CCSC(C)c1noc(Cn2ncccc2=O)n1. The minimum absolute atomic E-state index is 0.187. The highest BCUT2D eigenvalue weighted by atomic mass is 32.2. The van der Waals surface area contributed by atoms with Crippen molar-refractivity contribution in [3.05, 3.63) is 40.4 Å². The van der Waals surface area contributed by atoms with Crippen LogP contribution in [-0.4, -0.2) is 25.7 Å². The molecule has 0 aliphatic rings. The molecule has 0 amide bonds. The van der Waals surface area contributed by atoms with E-state index in [0.29, 0.717) is 11.7 Å². The predicted octanol–water partition coefficient (Wildman–Crippen LogP) is 1.49. The highest BCUT2D eigenvalue weighted by molar-refractivity contribution is 7.99. The van der Waals surface area contributed by atoms with E-state index in [1.165, 1.54) is 10.7 Å². The van der Waals surface area contributed by atoms with Gasteiger partial charge in [-0.15, -0.1) is 0 Å². The van der Waals surface area contributed by atoms with E-state index < -0.39 is 0 Å². The summed E-state index contributed by atoms with van der Waals surface area (Å²) < 4.78 is 6.40. The van der Waals surface area contributed by atoms with Gasteiger partial charge < -0.3 is 4.52 Å². The zero-order chi connectivity index (χ0) is 13.0. The molecule has 0 bridgehead atoms. The molecular formula is C11H14N4O2S. The van der Waals surface area contributed by atoms with Crippen molar-refractivity contribution in [3.63, 3.8) is 0 Å². The maximum absolute atomic E-state index is 11.5. The van der Waals surface area contributed by atoms with Crippen molar-refractivity contribution in [3.8, 4) is 0 Å². The van der Waals surface area contributed by atoms with Gasteiger partial charge in [-0.1, -0.05) is 12.1 Å². The van der Waals surface area contributed by atoms with Crippen LogP contribution in [0.25, 0.3) is 0 Å². The Morgan fingerprint density at radius 1 is 1.56 bits per heavy atom. The Morgan fingerprint density at radius 3 is 3.11 bits per heavy atom. The Kier molecular flexibility index (Phi) is 4.14. The maximum atomic E-state index is 11.5. The van der Waals surface area contributed by atoms with E-state index in [0.717, 1.165) is 5.75 Å². The first-order chi connectivity index (χ1) is 8.70. The molecule has 2 aromatic heterocycles. The molecule has 2 rings (SSSR count). The Balaban J connectivity index is 2.12. The molecule has 0 radical (unpaired) electrons. The van der Waals surface area contributed by atoms with Crippen LogP contribution >= 0.6 is 11.8 Å². The molecule has 0 saturated heterocycles. The molecule has 0 saturated carbocycles. The van der Waals surface area contributed by atoms with Crippen molar-refractivity contribution in [2.24, 2.45) is 0 Å². The van der Waals surface area contributed by atoms with Gasteiger partial charge in [0.15, 0.2) is 5.82 Å². The zero-order valence-electron chi connectivity index (χ0n) is 10.2. The van der Waals surface area contributed by atoms with Crippen molar-refractivity contribution in [2.75, 3.05) is 5.75 Å². The molecule has 18 heavy (non-hydrogen) atoms. The Hall–Kier alpha value is -1.63. The summed E-state index contributed by atoms with van der Waals surface area (Å²) in [6, 6.07) is 3.04. The lowest BCUT2D eigenvalue weighted by Crippen LogP contribution is -2.21. The Morgan fingerprint density at radius 2 is 2.39 bits per heavy atom. The summed E-state index contributed by atoms with van der Waals surface area (Å²) in [5.74, 6) is 2.04. The second-order valence-corrected chi connectivity index (χ2v) is 5.28. The molecule has 2 aromatic rings. The molecule has 0 aromatic carbocycles. The van der Waals surface area contributed by atoms with Gasteiger partial charge in [-0.2, -0.15) is 21.8 Å². The maximum Gasteiger partial charge on any atom is 0.267 e. The fourth-order valence-corrected chi connectivity index (χ4v) is 2.20. The van der Waals surface area contributed by atoms with Crippen LogP contribution in [-0.2, 0) is 6.54 Å². The largest absolute Gasteiger partial charge is 0.337 e. The van der Waals surface area contributed by atoms with Crippen LogP contribution in [0.2, 0.25) is 0 Å². The molecule has 0 spiro atoms. The standard InChI is InChI=1S/C11H14N4O2S/c1-3-18-8(2)11-13-9(17-14-11)7-15-10(16)5-4-6-12-15/h4-6,8H,3,7H2,1-2H3. The molecular weight excluding hydrogens is 252 g/mol. The Labute approximate surface area is 108 Å². The second-order valence-electron chi connectivity index (χ2n) is 3.66. The first-order valence-corrected chi connectivity index (χ1v) is 6.71. The topological polar surface area (TPSA) is 73.8 Å². The van der Waals surface area contributed by atoms with E-state index in [1.807, 2.05) is 6.92 Å². The smallest absolute Gasteiger partial charge is 0.267 e. The van der Waals surface area contributed by atoms with E-state index in [-0.39, 0.29) is 17.4 Å². The van der Waals surface area contributed by atoms with Crippen molar-refractivity contribution >= 4 is 11.8 Å². The lowest BCUT2D eigenvalue weighted by Gasteiger charge is -2.02. The zero-order valence-corrected chi connectivity index (χ0v) is 11.1. The van der Waals surface area contributed by atoms with Gasteiger partial charge in [0.25, 0.3) is 5.56 Å². The quantitative estimate of drug-likeness (QED) is 0.816. The van der Waals surface area contributed by atoms with Crippen LogP contribution in [0, 0.1) is 0 Å². The lowest BCUT2D eigenvalue weighted by atomic mass is 10.4. The van der Waals surface area contributed by atoms with Gasteiger partial charge in [0, 0.05) is 12.3 Å². The molecule has 7 heteroatoms. The second kappa shape index (κ2) is 5.81. The minimum Gasteiger partial charge on any atom is -0.337 e. The summed E-state index contributed by atoms with van der Waals surface area (Å²) in [5.41, 5.74) is -0.187. The van der Waals surface area contributed by atoms with E-state index in [2.05, 4.69) is 22.2 Å². The van der Waals surface area contributed by atoms with Crippen LogP contribution in [0.3, 0.4) is 0 Å². The van der Waals surface area contributed by atoms with Gasteiger partial charge >= 0.3 is 0 Å². The van der Waals surface area contributed by atoms with E-state index >= 15 is 0 Å². The third-order valence-electron chi connectivity index (χ3n) is 2.33.